The molecule has 6 nitrogen and oxygen atoms in total. The minimum atomic E-state index is -4.65. The molecule has 0 aliphatic carbocycles. The van der Waals surface area contributed by atoms with Gasteiger partial charge in [-0.3, -0.25) is 14.9 Å². The maximum atomic E-state index is 12.9. The number of amides is 4. The van der Waals surface area contributed by atoms with E-state index in [9.17, 15) is 27.6 Å². The van der Waals surface area contributed by atoms with E-state index >= 15 is 0 Å². The number of carbonyl (C=O) groups is 3. The standard InChI is InChI=1S/C19H13F3N2O4/c1-28-14-7-5-11(6-8-14)9-15-16(25)23-18(27)24(17(15)26)13-4-2-3-12(10-13)19(20,21)22/h2-10H,1H3,(H,23,25,27). The molecule has 28 heavy (non-hydrogen) atoms. The Kier molecular flexibility index (Phi) is 4.91. The van der Waals surface area contributed by atoms with Crippen molar-refractivity contribution in [1.29, 1.82) is 0 Å². The predicted octanol–water partition coefficient (Wildman–Crippen LogP) is 3.38. The third-order valence-corrected chi connectivity index (χ3v) is 3.96. The SMILES string of the molecule is COc1ccc(C=C2C(=O)NC(=O)N(c3cccc(C(F)(F)F)c3)C2=O)cc1. The highest BCUT2D eigenvalue weighted by Crippen LogP contribution is 2.32. The molecule has 0 saturated carbocycles. The monoisotopic (exact) mass is 390 g/mol. The number of anilines is 1. The van der Waals surface area contributed by atoms with Crippen LogP contribution in [0.5, 0.6) is 5.75 Å². The van der Waals surface area contributed by atoms with Crippen molar-refractivity contribution in [2.45, 2.75) is 6.18 Å². The Morgan fingerprint density at radius 3 is 2.32 bits per heavy atom. The molecule has 1 fully saturated rings. The number of ether oxygens (including phenoxy) is 1. The van der Waals surface area contributed by atoms with Crippen LogP contribution in [-0.4, -0.2) is 25.0 Å². The van der Waals surface area contributed by atoms with Crippen LogP contribution in [0.25, 0.3) is 6.08 Å². The van der Waals surface area contributed by atoms with Gasteiger partial charge < -0.3 is 4.74 Å². The lowest BCUT2D eigenvalue weighted by Gasteiger charge is -2.26. The zero-order chi connectivity index (χ0) is 20.5. The van der Waals surface area contributed by atoms with Gasteiger partial charge in [0, 0.05) is 0 Å². The topological polar surface area (TPSA) is 75.7 Å². The zero-order valence-electron chi connectivity index (χ0n) is 14.4. The summed E-state index contributed by atoms with van der Waals surface area (Å²) in [6, 6.07) is 8.97. The Morgan fingerprint density at radius 1 is 1.04 bits per heavy atom. The van der Waals surface area contributed by atoms with Crippen LogP contribution < -0.4 is 15.0 Å². The van der Waals surface area contributed by atoms with Gasteiger partial charge in [0.2, 0.25) is 0 Å². The molecule has 1 aliphatic heterocycles. The van der Waals surface area contributed by atoms with E-state index in [1.807, 2.05) is 5.32 Å². The van der Waals surface area contributed by atoms with Crippen LogP contribution in [0, 0.1) is 0 Å². The first kappa shape index (κ1) is 19.2. The second-order valence-electron chi connectivity index (χ2n) is 5.78. The molecule has 0 atom stereocenters. The molecular formula is C19H13F3N2O4. The Balaban J connectivity index is 1.99. The molecule has 0 unspecified atom stereocenters. The lowest BCUT2D eigenvalue weighted by molar-refractivity contribution is -0.137. The normalized spacial score (nSPS) is 16.4. The number of imide groups is 2. The van der Waals surface area contributed by atoms with E-state index in [0.29, 0.717) is 22.3 Å². The van der Waals surface area contributed by atoms with Crippen LogP contribution in [0.15, 0.2) is 54.1 Å². The predicted molar refractivity (Wildman–Crippen MR) is 93.4 cm³/mol. The number of nitrogens with zero attached hydrogens (tertiary/aromatic N) is 1. The number of nitrogens with one attached hydrogen (secondary N) is 1. The van der Waals surface area contributed by atoms with Crippen molar-refractivity contribution in [3.05, 3.63) is 65.2 Å². The minimum absolute atomic E-state index is 0.301. The summed E-state index contributed by atoms with van der Waals surface area (Å²) < 4.78 is 43.8. The molecule has 2 aromatic carbocycles. The Labute approximate surface area is 157 Å². The average Bonchev–Trinajstić information content (AvgIpc) is 2.65. The van der Waals surface area contributed by atoms with E-state index in [1.165, 1.54) is 19.3 Å². The molecular weight excluding hydrogens is 377 g/mol. The van der Waals surface area contributed by atoms with Crippen LogP contribution in [0.3, 0.4) is 0 Å². The molecule has 144 valence electrons. The van der Waals surface area contributed by atoms with Crippen LogP contribution >= 0.6 is 0 Å². The molecule has 0 spiro atoms. The van der Waals surface area contributed by atoms with Crippen LogP contribution in [0.2, 0.25) is 0 Å². The van der Waals surface area contributed by atoms with Crippen LogP contribution in [0.1, 0.15) is 11.1 Å². The van der Waals surface area contributed by atoms with Gasteiger partial charge in [0.1, 0.15) is 11.3 Å². The lowest BCUT2D eigenvalue weighted by atomic mass is 10.1. The van der Waals surface area contributed by atoms with Crippen molar-refractivity contribution < 1.29 is 32.3 Å². The van der Waals surface area contributed by atoms with Gasteiger partial charge in [0.15, 0.2) is 0 Å². The van der Waals surface area contributed by atoms with Crippen molar-refractivity contribution in [3.8, 4) is 5.75 Å². The first-order valence-electron chi connectivity index (χ1n) is 7.93. The molecule has 0 aromatic heterocycles. The van der Waals surface area contributed by atoms with Crippen molar-refractivity contribution in [3.63, 3.8) is 0 Å². The molecule has 1 heterocycles. The Hall–Kier alpha value is -3.62. The number of hydrogen-bond acceptors (Lipinski definition) is 4. The van der Waals surface area contributed by atoms with Gasteiger partial charge in [-0.2, -0.15) is 13.2 Å². The number of barbiturate groups is 1. The highest BCUT2D eigenvalue weighted by atomic mass is 19.4. The number of rotatable bonds is 3. The molecule has 0 bridgehead atoms. The largest absolute Gasteiger partial charge is 0.497 e. The van der Waals surface area contributed by atoms with Crippen molar-refractivity contribution in [1.82, 2.24) is 5.32 Å². The molecule has 3 rings (SSSR count). The molecule has 1 aliphatic rings. The number of carbonyl (C=O) groups excluding carboxylic acids is 3. The van der Waals surface area contributed by atoms with Gasteiger partial charge in [-0.25, -0.2) is 9.69 Å². The van der Waals surface area contributed by atoms with E-state index in [0.717, 1.165) is 12.1 Å². The Morgan fingerprint density at radius 2 is 1.71 bits per heavy atom. The van der Waals surface area contributed by atoms with Gasteiger partial charge in [-0.05, 0) is 42.0 Å². The minimum Gasteiger partial charge on any atom is -0.497 e. The molecule has 1 N–H and O–H groups in total. The lowest BCUT2D eigenvalue weighted by Crippen LogP contribution is -2.54. The van der Waals surface area contributed by atoms with E-state index in [4.69, 9.17) is 4.74 Å². The number of methoxy groups -OCH3 is 1. The average molecular weight is 390 g/mol. The second kappa shape index (κ2) is 7.18. The van der Waals surface area contributed by atoms with Crippen LogP contribution in [0.4, 0.5) is 23.7 Å². The zero-order valence-corrected chi connectivity index (χ0v) is 14.4. The first-order valence-corrected chi connectivity index (χ1v) is 7.93. The maximum absolute atomic E-state index is 12.9. The molecule has 9 heteroatoms. The van der Waals surface area contributed by atoms with Gasteiger partial charge in [-0.1, -0.05) is 18.2 Å². The first-order chi connectivity index (χ1) is 13.2. The van der Waals surface area contributed by atoms with Gasteiger partial charge in [-0.15, -0.1) is 0 Å². The van der Waals surface area contributed by atoms with E-state index < -0.39 is 29.6 Å². The summed E-state index contributed by atoms with van der Waals surface area (Å²) in [5, 5.41) is 1.96. The molecule has 1 saturated heterocycles. The summed E-state index contributed by atoms with van der Waals surface area (Å²) in [4.78, 5) is 37.4. The van der Waals surface area contributed by atoms with Crippen molar-refractivity contribution in [2.24, 2.45) is 0 Å². The summed E-state index contributed by atoms with van der Waals surface area (Å²) >= 11 is 0. The number of benzene rings is 2. The summed E-state index contributed by atoms with van der Waals surface area (Å²) in [6.45, 7) is 0. The summed E-state index contributed by atoms with van der Waals surface area (Å²) in [6.07, 6.45) is -3.41. The highest BCUT2D eigenvalue weighted by Gasteiger charge is 2.38. The molecule has 0 radical (unpaired) electrons. The fourth-order valence-corrected chi connectivity index (χ4v) is 2.58. The van der Waals surface area contributed by atoms with E-state index in [1.54, 1.807) is 24.3 Å². The number of urea groups is 1. The van der Waals surface area contributed by atoms with Crippen molar-refractivity contribution >= 4 is 29.6 Å². The third kappa shape index (κ3) is 3.73. The van der Waals surface area contributed by atoms with Crippen molar-refractivity contribution in [2.75, 3.05) is 12.0 Å². The van der Waals surface area contributed by atoms with E-state index in [2.05, 4.69) is 0 Å². The third-order valence-electron chi connectivity index (χ3n) is 3.96. The smallest absolute Gasteiger partial charge is 0.416 e. The maximum Gasteiger partial charge on any atom is 0.416 e. The fourth-order valence-electron chi connectivity index (χ4n) is 2.58. The number of hydrogen-bond donors (Lipinski definition) is 1. The number of alkyl halides is 3. The quantitative estimate of drug-likeness (QED) is 0.644. The summed E-state index contributed by atoms with van der Waals surface area (Å²) in [5.41, 5.74) is -1.24. The summed E-state index contributed by atoms with van der Waals surface area (Å²) in [5.74, 6) is -1.40. The summed E-state index contributed by atoms with van der Waals surface area (Å²) in [7, 11) is 1.48. The Bertz CT molecular complexity index is 981. The van der Waals surface area contributed by atoms with Gasteiger partial charge in [0.05, 0.1) is 18.4 Å². The van der Waals surface area contributed by atoms with Crippen LogP contribution in [-0.2, 0) is 15.8 Å². The second-order valence-corrected chi connectivity index (χ2v) is 5.78. The number of halogens is 3. The van der Waals surface area contributed by atoms with E-state index in [-0.39, 0.29) is 11.3 Å². The highest BCUT2D eigenvalue weighted by molar-refractivity contribution is 6.39. The van der Waals surface area contributed by atoms with Gasteiger partial charge >= 0.3 is 12.2 Å². The fraction of sp³-hybridized carbons (Fsp3) is 0.105. The van der Waals surface area contributed by atoms with Gasteiger partial charge in [0.25, 0.3) is 11.8 Å². The molecule has 4 amide bonds. The molecule has 2 aromatic rings.